The summed E-state index contributed by atoms with van der Waals surface area (Å²) in [6.45, 7) is 0. The zero-order valence-electron chi connectivity index (χ0n) is 43.7. The number of benzene rings is 10. The number of para-hydroxylation sites is 4. The van der Waals surface area contributed by atoms with Gasteiger partial charge in [0.1, 0.15) is 11.0 Å². The van der Waals surface area contributed by atoms with Gasteiger partial charge < -0.3 is 8.83 Å². The average molecular weight is 865 g/mol. The first-order chi connectivity index (χ1) is 36.5. The van der Waals surface area contributed by atoms with Gasteiger partial charge in [0.05, 0.1) is 16.4 Å². The van der Waals surface area contributed by atoms with Crippen molar-refractivity contribution in [3.05, 3.63) is 265 Å². The molecule has 2 heterocycles. The molecule has 2 aromatic heterocycles. The van der Waals surface area contributed by atoms with Crippen molar-refractivity contribution in [3.63, 3.8) is 0 Å². The summed E-state index contributed by atoms with van der Waals surface area (Å²) in [5.41, 5.74) is 11.6. The molecule has 67 heavy (non-hydrogen) atoms. The van der Waals surface area contributed by atoms with Gasteiger partial charge in [-0.05, 0) is 157 Å². The first-order valence-electron chi connectivity index (χ1n) is 26.1. The first-order valence-corrected chi connectivity index (χ1v) is 22.1. The Kier molecular flexibility index (Phi) is 7.28. The molecule has 1 aliphatic rings. The van der Waals surface area contributed by atoms with E-state index in [1.54, 1.807) is 66.7 Å². The standard InChI is InChI=1S/C63H40N2O2/c1-3-16-51(17-4-1)63(52-18-5-2-6-19-52)55-21-8-7-20-53(55)54-35-34-47(40-56(54)63)45-14-13-15-46(36-45)50-38-48(41-26-30-43(31-27-41)61-64-57-22-9-11-24-59(57)66-61)37-49(39-50)42-28-32-44(33-29-42)62-65-58-23-10-12-25-60(58)67-62/h1-40H/i26D,27D,28D,29D,30D,31D,32D,33D. The minimum Gasteiger partial charge on any atom is -0.436 e. The van der Waals surface area contributed by atoms with Crippen LogP contribution in [0.2, 0.25) is 0 Å². The van der Waals surface area contributed by atoms with E-state index in [2.05, 4.69) is 107 Å². The van der Waals surface area contributed by atoms with Crippen LogP contribution in [-0.4, -0.2) is 9.97 Å². The van der Waals surface area contributed by atoms with Crippen molar-refractivity contribution in [2.75, 3.05) is 0 Å². The van der Waals surface area contributed by atoms with E-state index < -0.39 is 5.41 Å². The Balaban J connectivity index is 1.00. The van der Waals surface area contributed by atoms with Gasteiger partial charge in [-0.2, -0.15) is 0 Å². The third kappa shape index (κ3) is 6.53. The van der Waals surface area contributed by atoms with Gasteiger partial charge >= 0.3 is 0 Å². The molecule has 0 saturated carbocycles. The molecule has 314 valence electrons. The molecule has 1 aliphatic carbocycles. The number of hydrogen-bond donors (Lipinski definition) is 0. The molecule has 0 fully saturated rings. The van der Waals surface area contributed by atoms with E-state index >= 15 is 0 Å². The minimum atomic E-state index is -0.623. The van der Waals surface area contributed by atoms with Gasteiger partial charge in [0.25, 0.3) is 0 Å². The van der Waals surface area contributed by atoms with E-state index in [0.717, 1.165) is 38.9 Å². The molecular formula is C63H40N2O2. The highest BCUT2D eigenvalue weighted by Crippen LogP contribution is 2.56. The topological polar surface area (TPSA) is 52.1 Å². The molecule has 0 saturated heterocycles. The van der Waals surface area contributed by atoms with Gasteiger partial charge in [-0.25, -0.2) is 9.97 Å². The molecule has 0 spiro atoms. The third-order valence-corrected chi connectivity index (χ3v) is 12.8. The van der Waals surface area contributed by atoms with E-state index in [9.17, 15) is 11.0 Å². The summed E-state index contributed by atoms with van der Waals surface area (Å²) in [7, 11) is 0. The molecule has 12 aromatic rings. The molecule has 4 nitrogen and oxygen atoms in total. The van der Waals surface area contributed by atoms with Gasteiger partial charge in [-0.1, -0.05) is 164 Å². The Hall–Kier alpha value is -8.86. The Labute approximate surface area is 399 Å². The molecule has 0 N–H and O–H groups in total. The van der Waals surface area contributed by atoms with E-state index in [-0.39, 0.29) is 93.5 Å². The summed E-state index contributed by atoms with van der Waals surface area (Å²) in [4.78, 5) is 9.03. The van der Waals surface area contributed by atoms with Crippen LogP contribution in [0.15, 0.2) is 251 Å². The molecule has 13 rings (SSSR count). The fourth-order valence-electron chi connectivity index (χ4n) is 9.67. The van der Waals surface area contributed by atoms with E-state index in [1.807, 2.05) is 30.3 Å². The van der Waals surface area contributed by atoms with E-state index in [1.165, 1.54) is 5.56 Å². The largest absolute Gasteiger partial charge is 0.436 e. The maximum absolute atomic E-state index is 9.47. The lowest BCUT2D eigenvalue weighted by atomic mass is 9.67. The lowest BCUT2D eigenvalue weighted by Gasteiger charge is -2.34. The van der Waals surface area contributed by atoms with Crippen LogP contribution in [0.3, 0.4) is 0 Å². The SMILES string of the molecule is [2H]c1c([2H])c(-c2nc3ccccc3o2)c([2H])c([2H])c1-c1cc(-c2cccc(-c3ccc4c(c3)C(c3ccccc3)(c3ccccc3)c3ccccc3-4)c2)cc(-c2c([2H])c([2H])c(-c3nc4ccccc4o3)c([2H])c2[2H])c1. The molecule has 4 heteroatoms. The highest BCUT2D eigenvalue weighted by molar-refractivity contribution is 5.90. The van der Waals surface area contributed by atoms with Crippen molar-refractivity contribution < 1.29 is 19.8 Å². The minimum absolute atomic E-state index is 0.0289. The molecule has 0 amide bonds. The maximum atomic E-state index is 9.47. The van der Waals surface area contributed by atoms with Gasteiger partial charge in [0, 0.05) is 11.1 Å². The summed E-state index contributed by atoms with van der Waals surface area (Å²) < 4.78 is 86.9. The predicted octanol–water partition coefficient (Wildman–Crippen LogP) is 16.3. The Morgan fingerprint density at radius 1 is 0.313 bits per heavy atom. The van der Waals surface area contributed by atoms with Crippen LogP contribution < -0.4 is 0 Å². The number of oxazole rings is 2. The van der Waals surface area contributed by atoms with Gasteiger partial charge in [0.2, 0.25) is 11.8 Å². The van der Waals surface area contributed by atoms with Crippen LogP contribution in [0.4, 0.5) is 0 Å². The van der Waals surface area contributed by atoms with Gasteiger partial charge in [0.15, 0.2) is 11.2 Å². The normalized spacial score (nSPS) is 14.3. The van der Waals surface area contributed by atoms with Crippen molar-refractivity contribution in [1.29, 1.82) is 0 Å². The second-order valence-corrected chi connectivity index (χ2v) is 16.6. The monoisotopic (exact) mass is 864 g/mol. The van der Waals surface area contributed by atoms with Crippen molar-refractivity contribution in [1.82, 2.24) is 9.97 Å². The summed E-state index contributed by atoms with van der Waals surface area (Å²) in [6, 6.07) is 60.8. The van der Waals surface area contributed by atoms with Crippen LogP contribution in [0.1, 0.15) is 33.2 Å². The maximum Gasteiger partial charge on any atom is 0.227 e. The van der Waals surface area contributed by atoms with Crippen molar-refractivity contribution in [3.8, 4) is 78.5 Å². The quantitative estimate of drug-likeness (QED) is 0.153. The molecular weight excluding hydrogens is 817 g/mol. The highest BCUT2D eigenvalue weighted by Gasteiger charge is 2.46. The van der Waals surface area contributed by atoms with Gasteiger partial charge in [-0.3, -0.25) is 0 Å². The molecule has 0 unspecified atom stereocenters. The number of rotatable bonds is 8. The molecule has 10 aromatic carbocycles. The summed E-state index contributed by atoms with van der Waals surface area (Å²) in [6.07, 6.45) is 0. The Morgan fingerprint density at radius 3 is 1.28 bits per heavy atom. The number of hydrogen-bond acceptors (Lipinski definition) is 4. The molecule has 0 atom stereocenters. The highest BCUT2D eigenvalue weighted by atomic mass is 16.4. The molecule has 0 aliphatic heterocycles. The van der Waals surface area contributed by atoms with Crippen molar-refractivity contribution in [2.24, 2.45) is 0 Å². The Morgan fingerprint density at radius 2 is 0.731 bits per heavy atom. The van der Waals surface area contributed by atoms with E-state index in [4.69, 9.17) is 8.83 Å². The summed E-state index contributed by atoms with van der Waals surface area (Å²) >= 11 is 0. The van der Waals surface area contributed by atoms with Crippen LogP contribution in [0, 0.1) is 0 Å². The average Bonchev–Trinajstić information content (AvgIpc) is 4.19. The lowest BCUT2D eigenvalue weighted by molar-refractivity contribution is 0.619. The first kappa shape index (κ1) is 31.1. The lowest BCUT2D eigenvalue weighted by Crippen LogP contribution is -2.28. The second-order valence-electron chi connectivity index (χ2n) is 16.6. The smallest absolute Gasteiger partial charge is 0.227 e. The van der Waals surface area contributed by atoms with Crippen LogP contribution in [-0.2, 0) is 5.41 Å². The number of aromatic nitrogens is 2. The zero-order chi connectivity index (χ0) is 51.3. The van der Waals surface area contributed by atoms with Crippen molar-refractivity contribution >= 4 is 22.2 Å². The van der Waals surface area contributed by atoms with E-state index in [0.29, 0.717) is 33.3 Å². The predicted molar refractivity (Wildman–Crippen MR) is 271 cm³/mol. The zero-order valence-corrected chi connectivity index (χ0v) is 35.7. The fourth-order valence-corrected chi connectivity index (χ4v) is 9.67. The fraction of sp³-hybridized carbons (Fsp3) is 0.0159. The number of fused-ring (bicyclic) bond motifs is 5. The number of nitrogens with zero attached hydrogens (tertiary/aromatic N) is 2. The second kappa shape index (κ2) is 15.7. The molecule has 0 radical (unpaired) electrons. The van der Waals surface area contributed by atoms with Crippen LogP contribution in [0.25, 0.3) is 101 Å². The molecule has 0 bridgehead atoms. The van der Waals surface area contributed by atoms with Crippen LogP contribution in [0.5, 0.6) is 0 Å². The third-order valence-electron chi connectivity index (χ3n) is 12.8. The van der Waals surface area contributed by atoms with Crippen molar-refractivity contribution in [2.45, 2.75) is 5.41 Å². The summed E-state index contributed by atoms with van der Waals surface area (Å²) in [5.74, 6) is -0.0946. The summed E-state index contributed by atoms with van der Waals surface area (Å²) in [5, 5.41) is 0. The Bertz CT molecular complexity index is 3980. The van der Waals surface area contributed by atoms with Gasteiger partial charge in [-0.15, -0.1) is 0 Å². The van der Waals surface area contributed by atoms with Crippen LogP contribution >= 0.6 is 0 Å².